The minimum atomic E-state index is -0.443. The fourth-order valence-corrected chi connectivity index (χ4v) is 2.91. The molecule has 7 nitrogen and oxygen atoms in total. The van der Waals surface area contributed by atoms with Gasteiger partial charge in [-0.3, -0.25) is 9.69 Å². The molecule has 1 aromatic heterocycles. The van der Waals surface area contributed by atoms with Crippen LogP contribution in [0.4, 0.5) is 4.39 Å². The van der Waals surface area contributed by atoms with Crippen molar-refractivity contribution in [3.05, 3.63) is 48.3 Å². The molecule has 25 heavy (non-hydrogen) atoms. The Labute approximate surface area is 145 Å². The quantitative estimate of drug-likeness (QED) is 0.849. The molecular formula is C17H22FN5O2. The Balaban J connectivity index is 1.68. The topological polar surface area (TPSA) is 72.3 Å². The summed E-state index contributed by atoms with van der Waals surface area (Å²) in [5, 5.41) is 6.98. The van der Waals surface area contributed by atoms with E-state index < -0.39 is 6.04 Å². The van der Waals surface area contributed by atoms with Gasteiger partial charge in [-0.1, -0.05) is 12.1 Å². The third-order valence-corrected chi connectivity index (χ3v) is 4.42. The zero-order chi connectivity index (χ0) is 17.6. The molecule has 2 aromatic rings. The average Bonchev–Trinajstić information content (AvgIpc) is 3.18. The lowest BCUT2D eigenvalue weighted by molar-refractivity contribution is -0.124. The number of carbonyl (C=O) groups excluding carboxylic acids is 1. The van der Waals surface area contributed by atoms with Gasteiger partial charge in [0.2, 0.25) is 5.91 Å². The van der Waals surface area contributed by atoms with E-state index in [1.54, 1.807) is 19.1 Å². The van der Waals surface area contributed by atoms with E-state index in [1.165, 1.54) is 29.5 Å². The molecule has 0 saturated carbocycles. The average molecular weight is 347 g/mol. The molecule has 0 bridgehead atoms. The van der Waals surface area contributed by atoms with Crippen LogP contribution in [-0.4, -0.2) is 58.4 Å². The molecular weight excluding hydrogens is 325 g/mol. The van der Waals surface area contributed by atoms with Gasteiger partial charge in [-0.2, -0.15) is 5.10 Å². The van der Waals surface area contributed by atoms with Crippen molar-refractivity contribution in [3.63, 3.8) is 0 Å². The van der Waals surface area contributed by atoms with Crippen molar-refractivity contribution in [2.75, 3.05) is 32.8 Å². The molecule has 2 heterocycles. The van der Waals surface area contributed by atoms with Gasteiger partial charge in [0.15, 0.2) is 0 Å². The standard InChI is InChI=1S/C17H22FN5O2/c1-13(23-12-19-11-21-23)17(24)20-10-16(22-6-8-25-9-7-22)14-2-4-15(18)5-3-14/h2-5,11-13,16H,6-10H2,1H3,(H,20,24). The maximum absolute atomic E-state index is 13.3. The summed E-state index contributed by atoms with van der Waals surface area (Å²) in [4.78, 5) is 18.5. The van der Waals surface area contributed by atoms with Crippen LogP contribution in [0.1, 0.15) is 24.6 Å². The SMILES string of the molecule is CC(C(=O)NCC(c1ccc(F)cc1)N1CCOCC1)n1cncn1. The molecule has 1 saturated heterocycles. The minimum Gasteiger partial charge on any atom is -0.379 e. The number of benzene rings is 1. The van der Waals surface area contributed by atoms with Crippen LogP contribution in [0.2, 0.25) is 0 Å². The highest BCUT2D eigenvalue weighted by molar-refractivity contribution is 5.79. The molecule has 1 aliphatic rings. The van der Waals surface area contributed by atoms with Gasteiger partial charge in [-0.05, 0) is 24.6 Å². The summed E-state index contributed by atoms with van der Waals surface area (Å²) in [5.74, 6) is -0.404. The highest BCUT2D eigenvalue weighted by Gasteiger charge is 2.24. The summed E-state index contributed by atoms with van der Waals surface area (Å²) in [5.41, 5.74) is 0.969. The summed E-state index contributed by atoms with van der Waals surface area (Å²) in [6, 6.07) is 5.95. The Morgan fingerprint density at radius 3 is 2.68 bits per heavy atom. The van der Waals surface area contributed by atoms with Crippen LogP contribution in [0.15, 0.2) is 36.9 Å². The van der Waals surface area contributed by atoms with Gasteiger partial charge in [0.05, 0.1) is 19.3 Å². The maximum atomic E-state index is 13.3. The highest BCUT2D eigenvalue weighted by Crippen LogP contribution is 2.22. The van der Waals surface area contributed by atoms with Crippen LogP contribution < -0.4 is 5.32 Å². The Morgan fingerprint density at radius 1 is 1.32 bits per heavy atom. The molecule has 134 valence electrons. The first-order valence-electron chi connectivity index (χ1n) is 8.34. The number of nitrogens with zero attached hydrogens (tertiary/aromatic N) is 4. The van der Waals surface area contributed by atoms with E-state index in [4.69, 9.17) is 4.74 Å². The van der Waals surface area contributed by atoms with Crippen LogP contribution in [-0.2, 0) is 9.53 Å². The van der Waals surface area contributed by atoms with Crippen molar-refractivity contribution in [2.24, 2.45) is 0 Å². The maximum Gasteiger partial charge on any atom is 0.244 e. The minimum absolute atomic E-state index is 0.0311. The summed E-state index contributed by atoms with van der Waals surface area (Å²) in [6.07, 6.45) is 2.92. The predicted molar refractivity (Wildman–Crippen MR) is 89.3 cm³/mol. The molecule has 1 aliphatic heterocycles. The van der Waals surface area contributed by atoms with Crippen LogP contribution >= 0.6 is 0 Å². The second-order valence-corrected chi connectivity index (χ2v) is 6.01. The Morgan fingerprint density at radius 2 is 2.04 bits per heavy atom. The Hall–Kier alpha value is -2.32. The number of hydrogen-bond donors (Lipinski definition) is 1. The number of nitrogens with one attached hydrogen (secondary N) is 1. The van der Waals surface area contributed by atoms with Gasteiger partial charge < -0.3 is 10.1 Å². The van der Waals surface area contributed by atoms with Gasteiger partial charge >= 0.3 is 0 Å². The normalized spacial score (nSPS) is 17.8. The molecule has 0 aliphatic carbocycles. The predicted octanol–water partition coefficient (Wildman–Crippen LogP) is 1.17. The van der Waals surface area contributed by atoms with E-state index in [9.17, 15) is 9.18 Å². The van der Waals surface area contributed by atoms with Crippen molar-refractivity contribution >= 4 is 5.91 Å². The molecule has 0 radical (unpaired) electrons. The monoisotopic (exact) mass is 347 g/mol. The molecule has 1 aromatic carbocycles. The first-order valence-corrected chi connectivity index (χ1v) is 8.34. The van der Waals surface area contributed by atoms with E-state index in [2.05, 4.69) is 20.3 Å². The smallest absolute Gasteiger partial charge is 0.244 e. The van der Waals surface area contributed by atoms with Crippen molar-refractivity contribution in [1.82, 2.24) is 25.0 Å². The van der Waals surface area contributed by atoms with E-state index in [0.717, 1.165) is 18.7 Å². The molecule has 1 N–H and O–H groups in total. The lowest BCUT2D eigenvalue weighted by atomic mass is 10.0. The molecule has 1 fully saturated rings. The first kappa shape index (κ1) is 17.5. The second-order valence-electron chi connectivity index (χ2n) is 6.01. The van der Waals surface area contributed by atoms with Crippen LogP contribution in [0.3, 0.4) is 0 Å². The lowest BCUT2D eigenvalue weighted by Crippen LogP contribution is -2.44. The fourth-order valence-electron chi connectivity index (χ4n) is 2.91. The van der Waals surface area contributed by atoms with Gasteiger partial charge in [-0.15, -0.1) is 0 Å². The number of halogens is 1. The van der Waals surface area contributed by atoms with E-state index in [1.807, 2.05) is 0 Å². The van der Waals surface area contributed by atoms with Crippen LogP contribution in [0, 0.1) is 5.82 Å². The highest BCUT2D eigenvalue weighted by atomic mass is 19.1. The first-order chi connectivity index (χ1) is 12.1. The summed E-state index contributed by atoms with van der Waals surface area (Å²) < 4.78 is 20.2. The van der Waals surface area contributed by atoms with E-state index >= 15 is 0 Å². The summed E-state index contributed by atoms with van der Waals surface area (Å²) in [7, 11) is 0. The number of rotatable bonds is 6. The third kappa shape index (κ3) is 4.40. The van der Waals surface area contributed by atoms with Crippen LogP contribution in [0.25, 0.3) is 0 Å². The number of morpholine rings is 1. The van der Waals surface area contributed by atoms with Gasteiger partial charge in [0, 0.05) is 19.6 Å². The number of hydrogen-bond acceptors (Lipinski definition) is 5. The summed E-state index contributed by atoms with van der Waals surface area (Å²) in [6.45, 7) is 5.06. The molecule has 2 unspecified atom stereocenters. The second kappa shape index (κ2) is 8.17. The van der Waals surface area contributed by atoms with E-state index in [-0.39, 0.29) is 17.8 Å². The number of carbonyl (C=O) groups is 1. The number of amides is 1. The van der Waals surface area contributed by atoms with Crippen LogP contribution in [0.5, 0.6) is 0 Å². The molecule has 1 amide bonds. The number of aromatic nitrogens is 3. The van der Waals surface area contributed by atoms with E-state index in [0.29, 0.717) is 19.8 Å². The number of ether oxygens (including phenoxy) is 1. The fraction of sp³-hybridized carbons (Fsp3) is 0.471. The Bertz CT molecular complexity index is 671. The zero-order valence-corrected chi connectivity index (χ0v) is 14.1. The van der Waals surface area contributed by atoms with Crippen molar-refractivity contribution in [1.29, 1.82) is 0 Å². The summed E-state index contributed by atoms with van der Waals surface area (Å²) >= 11 is 0. The van der Waals surface area contributed by atoms with Crippen molar-refractivity contribution in [3.8, 4) is 0 Å². The van der Waals surface area contributed by atoms with Gasteiger partial charge in [0.25, 0.3) is 0 Å². The molecule has 8 heteroatoms. The van der Waals surface area contributed by atoms with Crippen molar-refractivity contribution < 1.29 is 13.9 Å². The van der Waals surface area contributed by atoms with Crippen molar-refractivity contribution in [2.45, 2.75) is 19.0 Å². The molecule has 0 spiro atoms. The molecule has 3 rings (SSSR count). The zero-order valence-electron chi connectivity index (χ0n) is 14.1. The Kier molecular flexibility index (Phi) is 5.72. The van der Waals surface area contributed by atoms with Gasteiger partial charge in [0.1, 0.15) is 24.5 Å². The lowest BCUT2D eigenvalue weighted by Gasteiger charge is -2.35. The van der Waals surface area contributed by atoms with Gasteiger partial charge in [-0.25, -0.2) is 14.1 Å². The molecule has 2 atom stereocenters. The largest absolute Gasteiger partial charge is 0.379 e. The third-order valence-electron chi connectivity index (χ3n) is 4.42.